The molecule has 0 saturated carbocycles. The van der Waals surface area contributed by atoms with Crippen LogP contribution in [0.3, 0.4) is 0 Å². The summed E-state index contributed by atoms with van der Waals surface area (Å²) in [5.41, 5.74) is 2.53. The number of dihydropyridines is 1. The third-order valence-corrected chi connectivity index (χ3v) is 4.61. The highest BCUT2D eigenvalue weighted by molar-refractivity contribution is 6.13. The zero-order chi connectivity index (χ0) is 28.1. The molecule has 0 radical (unpaired) electrons. The molecule has 1 aliphatic heterocycles. The van der Waals surface area contributed by atoms with Crippen molar-refractivity contribution in [1.82, 2.24) is 0 Å². The van der Waals surface area contributed by atoms with Crippen LogP contribution >= 0.6 is 0 Å². The van der Waals surface area contributed by atoms with Crippen LogP contribution in [0.2, 0.25) is 0 Å². The van der Waals surface area contributed by atoms with E-state index in [1.807, 2.05) is 46.8 Å². The number of aliphatic carboxylic acids is 1. The van der Waals surface area contributed by atoms with E-state index in [1.54, 1.807) is 12.1 Å². The number of ether oxygens (including phenoxy) is 1. The maximum Gasteiger partial charge on any atom is 0.416 e. The summed E-state index contributed by atoms with van der Waals surface area (Å²) < 4.78 is 43.2. The van der Waals surface area contributed by atoms with Crippen molar-refractivity contribution in [2.75, 3.05) is 7.11 Å². The summed E-state index contributed by atoms with van der Waals surface area (Å²) in [4.78, 5) is 14.1. The highest BCUT2D eigenvalue weighted by Crippen LogP contribution is 2.34. The molecule has 0 amide bonds. The maximum atomic E-state index is 12.7. The molecule has 0 aliphatic carbocycles. The van der Waals surface area contributed by atoms with Crippen molar-refractivity contribution >= 4 is 17.3 Å². The Bertz CT molecular complexity index is 1040. The van der Waals surface area contributed by atoms with E-state index in [2.05, 4.69) is 11.6 Å². The van der Waals surface area contributed by atoms with Crippen LogP contribution in [-0.2, 0) is 11.0 Å². The molecule has 0 aromatic heterocycles. The lowest BCUT2D eigenvalue weighted by molar-refractivity contribution is -0.137. The number of hydrogen-bond donors (Lipinski definition) is 2. The Balaban J connectivity index is 0.00000106. The molecule has 1 aliphatic rings. The molecule has 2 N–H and O–H groups in total. The number of phenols is 1. The molecule has 0 fully saturated rings. The number of carbonyl (C=O) groups is 1. The SMILES string of the molecule is C=C(C)C(=O)O.CC.CC.COc1ccc(C2=CC(c3ccc(C(F)(F)F)cc3)=NC(C)C2)cc1O. The summed E-state index contributed by atoms with van der Waals surface area (Å²) in [6.07, 6.45) is -1.83. The van der Waals surface area contributed by atoms with Crippen LogP contribution in [-0.4, -0.2) is 35.0 Å². The first-order valence-electron chi connectivity index (χ1n) is 11.6. The van der Waals surface area contributed by atoms with E-state index in [0.717, 1.165) is 23.3 Å². The number of alkyl halides is 3. The number of aliphatic imine (C=N–C) groups is 1. The minimum absolute atomic E-state index is 0.0171. The van der Waals surface area contributed by atoms with Gasteiger partial charge in [0, 0.05) is 5.57 Å². The molecule has 0 bridgehead atoms. The van der Waals surface area contributed by atoms with E-state index in [9.17, 15) is 23.1 Å². The molecule has 36 heavy (non-hydrogen) atoms. The minimum atomic E-state index is -4.36. The van der Waals surface area contributed by atoms with Crippen molar-refractivity contribution in [3.63, 3.8) is 0 Å². The topological polar surface area (TPSA) is 79.1 Å². The van der Waals surface area contributed by atoms with Crippen molar-refractivity contribution in [2.45, 2.75) is 60.2 Å². The van der Waals surface area contributed by atoms with Gasteiger partial charge in [-0.3, -0.25) is 4.99 Å². The first-order valence-corrected chi connectivity index (χ1v) is 11.6. The summed E-state index contributed by atoms with van der Waals surface area (Å²) in [5.74, 6) is -0.512. The summed E-state index contributed by atoms with van der Waals surface area (Å²) in [5, 5.41) is 17.9. The second-order valence-electron chi connectivity index (χ2n) is 7.28. The van der Waals surface area contributed by atoms with Crippen LogP contribution in [0, 0.1) is 0 Å². The fourth-order valence-corrected chi connectivity index (χ4v) is 2.94. The molecule has 1 unspecified atom stereocenters. The van der Waals surface area contributed by atoms with Gasteiger partial charge in [-0.15, -0.1) is 0 Å². The second kappa shape index (κ2) is 15.4. The maximum absolute atomic E-state index is 12.7. The Morgan fingerprint density at radius 3 is 1.97 bits per heavy atom. The first kappa shape index (κ1) is 32.5. The average molecular weight is 508 g/mol. The summed E-state index contributed by atoms with van der Waals surface area (Å²) in [6.45, 7) is 14.5. The lowest BCUT2D eigenvalue weighted by Crippen LogP contribution is -2.13. The van der Waals surface area contributed by atoms with Gasteiger partial charge in [0.1, 0.15) is 0 Å². The van der Waals surface area contributed by atoms with Gasteiger partial charge >= 0.3 is 12.1 Å². The Morgan fingerprint density at radius 1 is 1.06 bits per heavy atom. The molecule has 198 valence electrons. The molecule has 2 aromatic rings. The fourth-order valence-electron chi connectivity index (χ4n) is 2.94. The van der Waals surface area contributed by atoms with E-state index >= 15 is 0 Å². The van der Waals surface area contributed by atoms with Gasteiger partial charge in [0.15, 0.2) is 11.5 Å². The van der Waals surface area contributed by atoms with Gasteiger partial charge in [-0.25, -0.2) is 4.79 Å². The Labute approximate surface area is 211 Å². The minimum Gasteiger partial charge on any atom is -0.504 e. The van der Waals surface area contributed by atoms with Crippen LogP contribution in [0.5, 0.6) is 11.5 Å². The second-order valence-corrected chi connectivity index (χ2v) is 7.28. The average Bonchev–Trinajstić information content (AvgIpc) is 2.86. The first-order chi connectivity index (χ1) is 16.9. The zero-order valence-corrected chi connectivity index (χ0v) is 21.9. The number of benzene rings is 2. The van der Waals surface area contributed by atoms with E-state index in [1.165, 1.54) is 26.2 Å². The molecule has 1 heterocycles. The summed E-state index contributed by atoms with van der Waals surface area (Å²) >= 11 is 0. The third-order valence-electron chi connectivity index (χ3n) is 4.61. The number of aromatic hydroxyl groups is 1. The van der Waals surface area contributed by atoms with Gasteiger partial charge in [0.2, 0.25) is 0 Å². The number of nitrogens with zero attached hydrogens (tertiary/aromatic N) is 1. The molecular formula is C28H36F3NO4. The van der Waals surface area contributed by atoms with Crippen molar-refractivity contribution in [3.8, 4) is 11.5 Å². The van der Waals surface area contributed by atoms with Crippen LogP contribution in [0.15, 0.2) is 65.7 Å². The number of methoxy groups -OCH3 is 1. The molecule has 0 spiro atoms. The largest absolute Gasteiger partial charge is 0.504 e. The number of carboxylic acid groups (broad SMARTS) is 1. The predicted octanol–water partition coefficient (Wildman–Crippen LogP) is 7.78. The van der Waals surface area contributed by atoms with Crippen LogP contribution in [0.25, 0.3) is 5.57 Å². The molecule has 0 saturated heterocycles. The van der Waals surface area contributed by atoms with Gasteiger partial charge in [-0.2, -0.15) is 13.2 Å². The van der Waals surface area contributed by atoms with Gasteiger partial charge in [-0.1, -0.05) is 52.5 Å². The van der Waals surface area contributed by atoms with Crippen LogP contribution < -0.4 is 4.74 Å². The van der Waals surface area contributed by atoms with Gasteiger partial charge in [0.05, 0.1) is 24.4 Å². The summed E-state index contributed by atoms with van der Waals surface area (Å²) in [6, 6.07) is 10.1. The number of hydrogen-bond acceptors (Lipinski definition) is 4. The van der Waals surface area contributed by atoms with Gasteiger partial charge < -0.3 is 14.9 Å². The van der Waals surface area contributed by atoms with Crippen LogP contribution in [0.4, 0.5) is 13.2 Å². The predicted molar refractivity (Wildman–Crippen MR) is 140 cm³/mol. The van der Waals surface area contributed by atoms with Crippen LogP contribution in [0.1, 0.15) is 64.7 Å². The van der Waals surface area contributed by atoms with Crippen molar-refractivity contribution in [3.05, 3.63) is 77.4 Å². The molecule has 3 rings (SSSR count). The molecule has 8 heteroatoms. The van der Waals surface area contributed by atoms with E-state index in [-0.39, 0.29) is 17.4 Å². The lowest BCUT2D eigenvalue weighted by Gasteiger charge is -2.19. The fraction of sp³-hybridized carbons (Fsp3) is 0.357. The van der Waals surface area contributed by atoms with Gasteiger partial charge in [-0.05, 0) is 67.3 Å². The van der Waals surface area contributed by atoms with E-state index < -0.39 is 17.7 Å². The third kappa shape index (κ3) is 9.98. The number of allylic oxidation sites excluding steroid dienone is 1. The number of rotatable bonds is 4. The molecular weight excluding hydrogens is 471 g/mol. The standard InChI is InChI=1S/C20H18F3NO2.C4H6O2.2C2H6/c1-12-9-15(14-5-8-19(26-2)18(25)11-14)10-17(24-12)13-3-6-16(7-4-13)20(21,22)23;1-3(2)4(5)6;2*1-2/h3-8,10-12,25H,9H2,1-2H3;1H2,2H3,(H,5,6);2*1-2H3. The molecule has 2 aromatic carbocycles. The number of phenolic OH excluding ortho intramolecular Hbond substituents is 1. The summed E-state index contributed by atoms with van der Waals surface area (Å²) in [7, 11) is 1.48. The molecule has 5 nitrogen and oxygen atoms in total. The number of halogens is 3. The zero-order valence-electron chi connectivity index (χ0n) is 21.9. The van der Waals surface area contributed by atoms with E-state index in [4.69, 9.17) is 9.84 Å². The Kier molecular flexibility index (Phi) is 13.9. The monoisotopic (exact) mass is 507 g/mol. The highest BCUT2D eigenvalue weighted by atomic mass is 19.4. The normalized spacial score (nSPS) is 14.2. The molecule has 1 atom stereocenters. The van der Waals surface area contributed by atoms with Gasteiger partial charge in [0.25, 0.3) is 0 Å². The van der Waals surface area contributed by atoms with Crippen molar-refractivity contribution in [2.24, 2.45) is 4.99 Å². The Morgan fingerprint density at radius 2 is 1.56 bits per heavy atom. The van der Waals surface area contributed by atoms with E-state index in [0.29, 0.717) is 23.4 Å². The number of carboxylic acids is 1. The van der Waals surface area contributed by atoms with Crippen molar-refractivity contribution < 1.29 is 32.9 Å². The smallest absolute Gasteiger partial charge is 0.416 e. The quantitative estimate of drug-likeness (QED) is 0.414. The van der Waals surface area contributed by atoms with Crippen molar-refractivity contribution in [1.29, 1.82) is 0 Å². The highest BCUT2D eigenvalue weighted by Gasteiger charge is 2.30. The lowest BCUT2D eigenvalue weighted by atomic mass is 9.93. The Hall–Kier alpha value is -3.55.